The molecule has 5 nitrogen and oxygen atoms in total. The molecule has 120 valence electrons. The maximum Gasteiger partial charge on any atom is 0.255 e. The Morgan fingerprint density at radius 2 is 1.91 bits per heavy atom. The first kappa shape index (κ1) is 15.3. The second kappa shape index (κ2) is 6.69. The summed E-state index contributed by atoms with van der Waals surface area (Å²) < 4.78 is 10.6. The van der Waals surface area contributed by atoms with Crippen LogP contribution < -0.4 is 9.47 Å². The first-order valence-electron chi connectivity index (χ1n) is 7.64. The molecule has 0 atom stereocenters. The van der Waals surface area contributed by atoms with Gasteiger partial charge in [-0.1, -0.05) is 0 Å². The van der Waals surface area contributed by atoms with Gasteiger partial charge in [-0.05, 0) is 42.7 Å². The number of carbonyl (C=O) groups excluding carboxylic acids is 1. The highest BCUT2D eigenvalue weighted by molar-refractivity contribution is 5.94. The van der Waals surface area contributed by atoms with Gasteiger partial charge in [0, 0.05) is 31.0 Å². The third-order valence-electron chi connectivity index (χ3n) is 3.92. The van der Waals surface area contributed by atoms with E-state index in [-0.39, 0.29) is 5.91 Å². The van der Waals surface area contributed by atoms with E-state index in [1.807, 2.05) is 23.1 Å². The molecule has 23 heavy (non-hydrogen) atoms. The molecule has 1 aromatic heterocycles. The number of aromatic nitrogens is 1. The molecular formula is C18H20N2O3. The molecule has 0 N–H and O–H groups in total. The fraction of sp³-hybridized carbons (Fsp3) is 0.333. The molecule has 0 spiro atoms. The summed E-state index contributed by atoms with van der Waals surface area (Å²) in [4.78, 5) is 18.7. The maximum atomic E-state index is 12.8. The van der Waals surface area contributed by atoms with Gasteiger partial charge in [-0.25, -0.2) is 0 Å². The van der Waals surface area contributed by atoms with Crippen LogP contribution in [0.15, 0.2) is 42.7 Å². The molecule has 0 aliphatic heterocycles. The van der Waals surface area contributed by atoms with Crippen LogP contribution in [0.25, 0.3) is 0 Å². The molecule has 1 saturated carbocycles. The van der Waals surface area contributed by atoms with Gasteiger partial charge in [0.25, 0.3) is 5.91 Å². The van der Waals surface area contributed by atoms with E-state index in [4.69, 9.17) is 9.47 Å². The summed E-state index contributed by atoms with van der Waals surface area (Å²) in [7, 11) is 3.25. The lowest BCUT2D eigenvalue weighted by atomic mass is 10.1. The summed E-state index contributed by atoms with van der Waals surface area (Å²) in [6, 6.07) is 9.60. The Hall–Kier alpha value is -2.56. The van der Waals surface area contributed by atoms with Crippen LogP contribution in [-0.2, 0) is 6.54 Å². The minimum Gasteiger partial charge on any atom is -0.497 e. The fourth-order valence-electron chi connectivity index (χ4n) is 2.56. The summed E-state index contributed by atoms with van der Waals surface area (Å²) in [6.07, 6.45) is 5.38. The number of methoxy groups -OCH3 is 2. The molecule has 1 aromatic carbocycles. The molecule has 0 unspecified atom stereocenters. The zero-order chi connectivity index (χ0) is 16.2. The average molecular weight is 312 g/mol. The van der Waals surface area contributed by atoms with Crippen molar-refractivity contribution >= 4 is 5.91 Å². The molecule has 0 saturated heterocycles. The minimum atomic E-state index is 0.0161. The summed E-state index contributed by atoms with van der Waals surface area (Å²) in [5.74, 6) is 1.47. The Morgan fingerprint density at radius 3 is 2.43 bits per heavy atom. The average Bonchev–Trinajstić information content (AvgIpc) is 3.44. The molecule has 3 rings (SSSR count). The number of ether oxygens (including phenoxy) is 2. The number of amides is 1. The monoisotopic (exact) mass is 312 g/mol. The van der Waals surface area contributed by atoms with E-state index >= 15 is 0 Å². The van der Waals surface area contributed by atoms with Gasteiger partial charge in [0.2, 0.25) is 0 Å². The number of benzene rings is 1. The van der Waals surface area contributed by atoms with Crippen LogP contribution in [0.1, 0.15) is 28.8 Å². The van der Waals surface area contributed by atoms with E-state index in [2.05, 4.69) is 4.98 Å². The van der Waals surface area contributed by atoms with Crippen LogP contribution >= 0.6 is 0 Å². The summed E-state index contributed by atoms with van der Waals surface area (Å²) in [5, 5.41) is 0. The number of rotatable bonds is 6. The lowest BCUT2D eigenvalue weighted by molar-refractivity contribution is 0.0729. The van der Waals surface area contributed by atoms with Crippen molar-refractivity contribution < 1.29 is 14.3 Å². The molecule has 5 heteroatoms. The molecular weight excluding hydrogens is 292 g/mol. The van der Waals surface area contributed by atoms with Gasteiger partial charge in [-0.3, -0.25) is 9.78 Å². The largest absolute Gasteiger partial charge is 0.497 e. The highest BCUT2D eigenvalue weighted by atomic mass is 16.5. The standard InChI is InChI=1S/C18H20N2O3/c1-22-16-8-13(9-17(10-16)23-2)12-20(15-5-6-15)18(21)14-4-3-7-19-11-14/h3-4,7-11,15H,5-6,12H2,1-2H3. The summed E-state index contributed by atoms with van der Waals surface area (Å²) in [5.41, 5.74) is 1.61. The third-order valence-corrected chi connectivity index (χ3v) is 3.92. The first-order chi connectivity index (χ1) is 11.2. The number of hydrogen-bond donors (Lipinski definition) is 0. The topological polar surface area (TPSA) is 51.7 Å². The van der Waals surface area contributed by atoms with Crippen molar-refractivity contribution in [2.24, 2.45) is 0 Å². The highest BCUT2D eigenvalue weighted by Gasteiger charge is 2.33. The van der Waals surface area contributed by atoms with Crippen LogP contribution in [0.4, 0.5) is 0 Å². The van der Waals surface area contributed by atoms with Gasteiger partial charge in [0.05, 0.1) is 19.8 Å². The minimum absolute atomic E-state index is 0.0161. The Bertz CT molecular complexity index is 662. The van der Waals surface area contributed by atoms with Gasteiger partial charge in [0.1, 0.15) is 11.5 Å². The predicted octanol–water partition coefficient (Wildman–Crippen LogP) is 2.90. The van der Waals surface area contributed by atoms with Crippen molar-refractivity contribution in [2.75, 3.05) is 14.2 Å². The van der Waals surface area contributed by atoms with E-state index in [1.54, 1.807) is 38.7 Å². The maximum absolute atomic E-state index is 12.8. The Balaban J connectivity index is 1.84. The van der Waals surface area contributed by atoms with Gasteiger partial charge < -0.3 is 14.4 Å². The predicted molar refractivity (Wildman–Crippen MR) is 86.7 cm³/mol. The zero-order valence-electron chi connectivity index (χ0n) is 13.4. The van der Waals surface area contributed by atoms with E-state index < -0.39 is 0 Å². The Morgan fingerprint density at radius 1 is 1.22 bits per heavy atom. The molecule has 1 amide bonds. The van der Waals surface area contributed by atoms with Crippen molar-refractivity contribution in [3.63, 3.8) is 0 Å². The summed E-state index contributed by atoms with van der Waals surface area (Å²) in [6.45, 7) is 0.534. The van der Waals surface area contributed by atoms with Crippen molar-refractivity contribution in [3.8, 4) is 11.5 Å². The number of hydrogen-bond acceptors (Lipinski definition) is 4. The molecule has 0 bridgehead atoms. The number of nitrogens with zero attached hydrogens (tertiary/aromatic N) is 2. The quantitative estimate of drug-likeness (QED) is 0.823. The van der Waals surface area contributed by atoms with Crippen molar-refractivity contribution in [1.82, 2.24) is 9.88 Å². The van der Waals surface area contributed by atoms with E-state index in [1.165, 1.54) is 0 Å². The van der Waals surface area contributed by atoms with E-state index in [9.17, 15) is 4.79 Å². The van der Waals surface area contributed by atoms with Crippen LogP contribution in [0.2, 0.25) is 0 Å². The van der Waals surface area contributed by atoms with Gasteiger partial charge in [-0.15, -0.1) is 0 Å². The van der Waals surface area contributed by atoms with E-state index in [0.29, 0.717) is 18.2 Å². The SMILES string of the molecule is COc1cc(CN(C(=O)c2cccnc2)C2CC2)cc(OC)c1. The highest BCUT2D eigenvalue weighted by Crippen LogP contribution is 2.31. The summed E-state index contributed by atoms with van der Waals surface area (Å²) >= 11 is 0. The van der Waals surface area contributed by atoms with E-state index in [0.717, 1.165) is 29.9 Å². The van der Waals surface area contributed by atoms with Gasteiger partial charge >= 0.3 is 0 Å². The Labute approximate surface area is 135 Å². The van der Waals surface area contributed by atoms with Crippen LogP contribution in [-0.4, -0.2) is 36.1 Å². The second-order valence-electron chi connectivity index (χ2n) is 5.63. The van der Waals surface area contributed by atoms with Crippen molar-refractivity contribution in [1.29, 1.82) is 0 Å². The van der Waals surface area contributed by atoms with Crippen LogP contribution in [0.3, 0.4) is 0 Å². The molecule has 1 fully saturated rings. The Kier molecular flexibility index (Phi) is 4.46. The molecule has 1 heterocycles. The lowest BCUT2D eigenvalue weighted by Crippen LogP contribution is -2.32. The smallest absolute Gasteiger partial charge is 0.255 e. The molecule has 2 aromatic rings. The van der Waals surface area contributed by atoms with Crippen LogP contribution in [0.5, 0.6) is 11.5 Å². The normalized spacial score (nSPS) is 13.5. The molecule has 0 radical (unpaired) electrons. The molecule has 1 aliphatic rings. The second-order valence-corrected chi connectivity index (χ2v) is 5.63. The zero-order valence-corrected chi connectivity index (χ0v) is 13.4. The van der Waals surface area contributed by atoms with Crippen molar-refractivity contribution in [3.05, 3.63) is 53.9 Å². The molecule has 1 aliphatic carbocycles. The van der Waals surface area contributed by atoms with Gasteiger partial charge in [0.15, 0.2) is 0 Å². The van der Waals surface area contributed by atoms with Gasteiger partial charge in [-0.2, -0.15) is 0 Å². The fourth-order valence-corrected chi connectivity index (χ4v) is 2.56. The number of carbonyl (C=O) groups is 1. The first-order valence-corrected chi connectivity index (χ1v) is 7.64. The van der Waals surface area contributed by atoms with Crippen LogP contribution in [0, 0.1) is 0 Å². The van der Waals surface area contributed by atoms with Crippen molar-refractivity contribution in [2.45, 2.75) is 25.4 Å². The lowest BCUT2D eigenvalue weighted by Gasteiger charge is -2.23. The number of pyridine rings is 1. The third kappa shape index (κ3) is 3.62.